The number of ether oxygens (including phenoxy) is 2. The molecule has 28 heavy (non-hydrogen) atoms. The maximum absolute atomic E-state index is 13.2. The highest BCUT2D eigenvalue weighted by atomic mass is 16.5. The summed E-state index contributed by atoms with van der Waals surface area (Å²) >= 11 is 0. The zero-order valence-electron chi connectivity index (χ0n) is 15.8. The molecule has 2 aromatic rings. The quantitative estimate of drug-likeness (QED) is 0.610. The molecule has 2 amide bonds. The Hall–Kier alpha value is -2.82. The van der Waals surface area contributed by atoms with Gasteiger partial charge in [0.05, 0.1) is 31.7 Å². The number of hydrogen-bond acceptors (Lipinski definition) is 4. The number of amides is 2. The van der Waals surface area contributed by atoms with Crippen molar-refractivity contribution in [1.29, 1.82) is 0 Å². The van der Waals surface area contributed by atoms with E-state index in [2.05, 4.69) is 0 Å². The number of carbonyl (C=O) groups excluding carboxylic acids is 2. The van der Waals surface area contributed by atoms with Crippen molar-refractivity contribution >= 4 is 17.5 Å². The number of fused-ring (bicyclic) bond motifs is 11. The molecule has 6 atom stereocenters. The molecular weight excluding hydrogens is 354 g/mol. The van der Waals surface area contributed by atoms with E-state index in [1.54, 1.807) is 14.2 Å². The number of hydrogen-bond donors (Lipinski definition) is 0. The van der Waals surface area contributed by atoms with Crippen molar-refractivity contribution in [1.82, 2.24) is 0 Å². The first kappa shape index (κ1) is 16.2. The molecule has 5 nitrogen and oxygen atoms in total. The highest BCUT2D eigenvalue weighted by Crippen LogP contribution is 2.74. The van der Waals surface area contributed by atoms with Crippen molar-refractivity contribution in [3.63, 3.8) is 0 Å². The summed E-state index contributed by atoms with van der Waals surface area (Å²) in [6.45, 7) is 0. The maximum Gasteiger partial charge on any atom is 0.238 e. The number of carbonyl (C=O) groups is 2. The third kappa shape index (κ3) is 1.69. The molecule has 0 aromatic heterocycles. The van der Waals surface area contributed by atoms with E-state index in [1.807, 2.05) is 42.5 Å². The van der Waals surface area contributed by atoms with E-state index in [0.29, 0.717) is 5.69 Å². The Morgan fingerprint density at radius 2 is 1.29 bits per heavy atom. The molecule has 142 valence electrons. The Kier molecular flexibility index (Phi) is 3.10. The van der Waals surface area contributed by atoms with Crippen LogP contribution in [-0.4, -0.2) is 26.0 Å². The molecule has 0 spiro atoms. The average Bonchev–Trinajstić information content (AvgIpc) is 3.28. The highest BCUT2D eigenvalue weighted by Gasteiger charge is 2.73. The fourth-order valence-corrected chi connectivity index (χ4v) is 6.65. The van der Waals surface area contributed by atoms with Crippen LogP contribution < -0.4 is 14.4 Å². The van der Waals surface area contributed by atoms with Gasteiger partial charge in [0.1, 0.15) is 11.5 Å². The first-order valence-corrected chi connectivity index (χ1v) is 9.85. The van der Waals surface area contributed by atoms with Gasteiger partial charge in [-0.3, -0.25) is 14.5 Å². The molecule has 2 bridgehead atoms. The van der Waals surface area contributed by atoms with E-state index >= 15 is 0 Å². The van der Waals surface area contributed by atoms with Crippen LogP contribution in [0.2, 0.25) is 0 Å². The number of rotatable bonds is 3. The Morgan fingerprint density at radius 3 is 1.75 bits per heavy atom. The van der Waals surface area contributed by atoms with Gasteiger partial charge in [-0.05, 0) is 54.4 Å². The molecular formula is C23H21NO4. The predicted octanol–water partition coefficient (Wildman–Crippen LogP) is 3.34. The Bertz CT molecular complexity index is 956. The predicted molar refractivity (Wildman–Crippen MR) is 103 cm³/mol. The fourth-order valence-electron chi connectivity index (χ4n) is 6.65. The lowest BCUT2D eigenvalue weighted by Gasteiger charge is -2.49. The maximum atomic E-state index is 13.2. The lowest BCUT2D eigenvalue weighted by Crippen LogP contribution is -2.50. The summed E-state index contributed by atoms with van der Waals surface area (Å²) in [6.07, 6.45) is 0.986. The van der Waals surface area contributed by atoms with Crippen LogP contribution in [0.4, 0.5) is 5.69 Å². The summed E-state index contributed by atoms with van der Waals surface area (Å²) in [6, 6.07) is 13.2. The van der Waals surface area contributed by atoms with E-state index in [4.69, 9.17) is 9.47 Å². The van der Waals surface area contributed by atoms with E-state index in [-0.39, 0.29) is 47.3 Å². The van der Waals surface area contributed by atoms with Gasteiger partial charge in [0.2, 0.25) is 11.8 Å². The van der Waals surface area contributed by atoms with Crippen LogP contribution in [0.5, 0.6) is 11.5 Å². The van der Waals surface area contributed by atoms with Gasteiger partial charge >= 0.3 is 0 Å². The van der Waals surface area contributed by atoms with Gasteiger partial charge in [0.25, 0.3) is 0 Å². The molecule has 3 aliphatic carbocycles. The second-order valence-corrected chi connectivity index (χ2v) is 8.30. The molecule has 6 rings (SSSR count). The van der Waals surface area contributed by atoms with Gasteiger partial charge in [-0.25, -0.2) is 0 Å². The van der Waals surface area contributed by atoms with Crippen LogP contribution in [0, 0.1) is 23.7 Å². The minimum atomic E-state index is -0.197. The van der Waals surface area contributed by atoms with Crippen LogP contribution in [0.25, 0.3) is 0 Å². The van der Waals surface area contributed by atoms with Gasteiger partial charge in [-0.1, -0.05) is 18.2 Å². The number of benzene rings is 2. The first-order chi connectivity index (χ1) is 13.7. The molecule has 0 N–H and O–H groups in total. The van der Waals surface area contributed by atoms with Gasteiger partial charge < -0.3 is 9.47 Å². The average molecular weight is 375 g/mol. The first-order valence-electron chi connectivity index (χ1n) is 9.85. The molecule has 0 radical (unpaired) electrons. The summed E-state index contributed by atoms with van der Waals surface area (Å²) in [7, 11) is 3.38. The molecule has 1 aliphatic heterocycles. The highest BCUT2D eigenvalue weighted by molar-refractivity contribution is 6.23. The van der Waals surface area contributed by atoms with E-state index in [1.165, 1.54) is 16.0 Å². The van der Waals surface area contributed by atoms with Crippen molar-refractivity contribution in [3.05, 3.63) is 53.6 Å². The zero-order valence-corrected chi connectivity index (χ0v) is 15.8. The van der Waals surface area contributed by atoms with Gasteiger partial charge in [0, 0.05) is 11.1 Å². The van der Waals surface area contributed by atoms with Crippen LogP contribution in [0.15, 0.2) is 42.5 Å². The van der Waals surface area contributed by atoms with Gasteiger partial charge in [-0.15, -0.1) is 0 Å². The summed E-state index contributed by atoms with van der Waals surface area (Å²) in [5, 5.41) is 0. The van der Waals surface area contributed by atoms with Crippen molar-refractivity contribution in [2.45, 2.75) is 18.3 Å². The van der Waals surface area contributed by atoms with Crippen LogP contribution >= 0.6 is 0 Å². The Morgan fingerprint density at radius 1 is 0.786 bits per heavy atom. The Balaban J connectivity index is 1.44. The molecule has 0 unspecified atom stereocenters. The van der Waals surface area contributed by atoms with Crippen LogP contribution in [0.3, 0.4) is 0 Å². The monoisotopic (exact) mass is 375 g/mol. The van der Waals surface area contributed by atoms with Crippen molar-refractivity contribution in [3.8, 4) is 11.5 Å². The molecule has 2 aromatic carbocycles. The molecule has 3 fully saturated rings. The van der Waals surface area contributed by atoms with E-state index in [0.717, 1.165) is 17.9 Å². The number of methoxy groups -OCH3 is 2. The van der Waals surface area contributed by atoms with Crippen molar-refractivity contribution in [2.24, 2.45) is 23.7 Å². The summed E-state index contributed by atoms with van der Waals surface area (Å²) in [5.41, 5.74) is 3.08. The number of imide groups is 1. The molecule has 1 saturated heterocycles. The zero-order chi connectivity index (χ0) is 19.2. The fraction of sp³-hybridized carbons (Fsp3) is 0.391. The topological polar surface area (TPSA) is 55.8 Å². The summed E-state index contributed by atoms with van der Waals surface area (Å²) < 4.78 is 11.3. The minimum Gasteiger partial charge on any atom is -0.496 e. The third-order valence-electron chi connectivity index (χ3n) is 7.51. The number of para-hydroxylation sites is 1. The summed E-state index contributed by atoms with van der Waals surface area (Å²) in [4.78, 5) is 27.9. The minimum absolute atomic E-state index is 0.0292. The van der Waals surface area contributed by atoms with Gasteiger partial charge in [0.15, 0.2) is 0 Å². The Labute approximate surface area is 163 Å². The number of nitrogens with zero attached hydrogens (tertiary/aromatic N) is 1. The number of anilines is 1. The second-order valence-electron chi connectivity index (χ2n) is 8.30. The normalized spacial score (nSPS) is 34.0. The molecule has 4 aliphatic rings. The van der Waals surface area contributed by atoms with Crippen LogP contribution in [-0.2, 0) is 9.59 Å². The van der Waals surface area contributed by atoms with Gasteiger partial charge in [-0.2, -0.15) is 0 Å². The SMILES string of the molecule is COc1ccc(OC)c2c1[C@H]1C[C@@H]2[C@@H]2[C@H]3C(=O)N(c4ccccc4)C(=O)[C@H]3[C@@H]21. The molecule has 5 heteroatoms. The molecule has 1 heterocycles. The van der Waals surface area contributed by atoms with Crippen molar-refractivity contribution in [2.75, 3.05) is 19.1 Å². The third-order valence-corrected chi connectivity index (χ3v) is 7.51. The molecule has 2 saturated carbocycles. The lowest BCUT2D eigenvalue weighted by atomic mass is 9.52. The largest absolute Gasteiger partial charge is 0.496 e. The summed E-state index contributed by atoms with van der Waals surface area (Å²) in [5.74, 6) is 2.30. The second kappa shape index (κ2) is 5.37. The van der Waals surface area contributed by atoms with E-state index < -0.39 is 0 Å². The van der Waals surface area contributed by atoms with Crippen molar-refractivity contribution < 1.29 is 19.1 Å². The lowest BCUT2D eigenvalue weighted by molar-refractivity contribution is -0.136. The smallest absolute Gasteiger partial charge is 0.238 e. The standard InChI is InChI=1S/C23H21NO4/c1-27-14-8-9-15(28-2)17-13-10-12(16(14)17)18-19(13)21-20(18)22(25)24(23(21)26)11-6-4-3-5-7-11/h3-9,12-13,18-21H,10H2,1-2H3/t12-,13+,18-,19+,20+,21-. The van der Waals surface area contributed by atoms with E-state index in [9.17, 15) is 9.59 Å². The van der Waals surface area contributed by atoms with Crippen LogP contribution in [0.1, 0.15) is 29.4 Å².